The molecule has 1 aromatic heterocycles. The summed E-state index contributed by atoms with van der Waals surface area (Å²) in [6, 6.07) is 2.07. The van der Waals surface area contributed by atoms with E-state index in [0.29, 0.717) is 31.0 Å². The smallest absolute Gasteiger partial charge is 0.257 e. The number of hydrogen-bond acceptors (Lipinski definition) is 3. The molecule has 0 aromatic carbocycles. The molecule has 0 saturated heterocycles. The lowest BCUT2D eigenvalue weighted by Gasteiger charge is -2.22. The van der Waals surface area contributed by atoms with Gasteiger partial charge in [-0.15, -0.1) is 0 Å². The molecule has 1 amide bonds. The third-order valence-electron chi connectivity index (χ3n) is 2.32. The van der Waals surface area contributed by atoms with Gasteiger partial charge in [-0.2, -0.15) is 10.4 Å². The number of hydrogen-bond donors (Lipinski definition) is 0. The van der Waals surface area contributed by atoms with E-state index in [9.17, 15) is 4.79 Å². The van der Waals surface area contributed by atoms with E-state index in [1.807, 2.05) is 0 Å². The van der Waals surface area contributed by atoms with Gasteiger partial charge in [-0.25, -0.2) is 0 Å². The lowest BCUT2D eigenvalue weighted by atomic mass is 10.2. The van der Waals surface area contributed by atoms with Crippen molar-refractivity contribution < 1.29 is 4.79 Å². The summed E-state index contributed by atoms with van der Waals surface area (Å²) in [4.78, 5) is 13.9. The molecule has 0 unspecified atom stereocenters. The normalized spacial score (nSPS) is 10.3. The standard InChI is InChI=1S/C12H18N4O/c1-10(2)8-16(6-4-5-13)12(17)11-7-14-15(3)9-11/h7,9-10H,4,6,8H2,1-3H3. The SMILES string of the molecule is CC(C)CN(CCC#N)C(=O)c1cnn(C)c1. The molecular weight excluding hydrogens is 216 g/mol. The highest BCUT2D eigenvalue weighted by Crippen LogP contribution is 2.07. The van der Waals surface area contributed by atoms with Crippen molar-refractivity contribution >= 4 is 5.91 Å². The van der Waals surface area contributed by atoms with Crippen LogP contribution >= 0.6 is 0 Å². The summed E-state index contributed by atoms with van der Waals surface area (Å²) in [6.45, 7) is 5.24. The highest BCUT2D eigenvalue weighted by atomic mass is 16.2. The van der Waals surface area contributed by atoms with E-state index in [4.69, 9.17) is 5.26 Å². The molecule has 92 valence electrons. The number of rotatable bonds is 5. The molecule has 0 aliphatic rings. The van der Waals surface area contributed by atoms with Crippen LogP contribution in [0.25, 0.3) is 0 Å². The van der Waals surface area contributed by atoms with Crippen LogP contribution in [0.4, 0.5) is 0 Å². The molecule has 0 bridgehead atoms. The Labute approximate surface area is 102 Å². The summed E-state index contributed by atoms with van der Waals surface area (Å²) < 4.78 is 1.60. The molecule has 0 aliphatic heterocycles. The van der Waals surface area contributed by atoms with E-state index in [1.54, 1.807) is 29.0 Å². The Morgan fingerprint density at radius 1 is 1.65 bits per heavy atom. The molecule has 0 spiro atoms. The Morgan fingerprint density at radius 2 is 2.35 bits per heavy atom. The monoisotopic (exact) mass is 234 g/mol. The van der Waals surface area contributed by atoms with Gasteiger partial charge in [0, 0.05) is 26.3 Å². The van der Waals surface area contributed by atoms with Gasteiger partial charge in [0.25, 0.3) is 5.91 Å². The molecular formula is C12H18N4O. The highest BCUT2D eigenvalue weighted by molar-refractivity contribution is 5.93. The van der Waals surface area contributed by atoms with Crippen molar-refractivity contribution in [2.45, 2.75) is 20.3 Å². The Morgan fingerprint density at radius 3 is 2.82 bits per heavy atom. The van der Waals surface area contributed by atoms with Crippen molar-refractivity contribution in [3.05, 3.63) is 18.0 Å². The number of nitrogens with zero attached hydrogens (tertiary/aromatic N) is 4. The Bertz CT molecular complexity index is 416. The van der Waals surface area contributed by atoms with Crippen molar-refractivity contribution in [1.29, 1.82) is 5.26 Å². The molecule has 0 fully saturated rings. The number of aryl methyl sites for hydroxylation is 1. The van der Waals surface area contributed by atoms with Gasteiger partial charge in [-0.3, -0.25) is 9.48 Å². The molecule has 1 aromatic rings. The van der Waals surface area contributed by atoms with Crippen molar-refractivity contribution in [2.75, 3.05) is 13.1 Å². The van der Waals surface area contributed by atoms with Crippen molar-refractivity contribution in [3.63, 3.8) is 0 Å². The van der Waals surface area contributed by atoms with Crippen LogP contribution in [0.15, 0.2) is 12.4 Å². The van der Waals surface area contributed by atoms with E-state index >= 15 is 0 Å². The Hall–Kier alpha value is -1.83. The molecule has 17 heavy (non-hydrogen) atoms. The van der Waals surface area contributed by atoms with Gasteiger partial charge in [0.15, 0.2) is 0 Å². The van der Waals surface area contributed by atoms with Crippen molar-refractivity contribution in [2.24, 2.45) is 13.0 Å². The summed E-state index contributed by atoms with van der Waals surface area (Å²) in [5, 5.41) is 12.6. The topological polar surface area (TPSA) is 61.9 Å². The fourth-order valence-corrected chi connectivity index (χ4v) is 1.62. The maximum absolute atomic E-state index is 12.2. The van der Waals surface area contributed by atoms with Gasteiger partial charge in [-0.05, 0) is 5.92 Å². The van der Waals surface area contributed by atoms with Crippen LogP contribution in [-0.2, 0) is 7.05 Å². The predicted molar refractivity (Wildman–Crippen MR) is 64.2 cm³/mol. The van der Waals surface area contributed by atoms with Gasteiger partial charge in [-0.1, -0.05) is 13.8 Å². The molecule has 0 saturated carbocycles. The molecule has 1 heterocycles. The zero-order valence-corrected chi connectivity index (χ0v) is 10.6. The van der Waals surface area contributed by atoms with Crippen LogP contribution in [0.5, 0.6) is 0 Å². The van der Waals surface area contributed by atoms with Gasteiger partial charge >= 0.3 is 0 Å². The van der Waals surface area contributed by atoms with Gasteiger partial charge in [0.1, 0.15) is 0 Å². The van der Waals surface area contributed by atoms with Gasteiger partial charge < -0.3 is 4.90 Å². The number of nitriles is 1. The number of carbonyl (C=O) groups excluding carboxylic acids is 1. The fourth-order valence-electron chi connectivity index (χ4n) is 1.62. The average Bonchev–Trinajstić information content (AvgIpc) is 2.69. The van der Waals surface area contributed by atoms with E-state index in [-0.39, 0.29) is 5.91 Å². The quantitative estimate of drug-likeness (QED) is 0.774. The molecule has 0 N–H and O–H groups in total. The summed E-state index contributed by atoms with van der Waals surface area (Å²) in [7, 11) is 1.78. The summed E-state index contributed by atoms with van der Waals surface area (Å²) >= 11 is 0. The lowest BCUT2D eigenvalue weighted by Crippen LogP contribution is -2.34. The Balaban J connectivity index is 2.75. The van der Waals surface area contributed by atoms with E-state index < -0.39 is 0 Å². The van der Waals surface area contributed by atoms with E-state index in [0.717, 1.165) is 0 Å². The molecule has 0 atom stereocenters. The van der Waals surface area contributed by atoms with Crippen LogP contribution < -0.4 is 0 Å². The fraction of sp³-hybridized carbons (Fsp3) is 0.583. The van der Waals surface area contributed by atoms with Gasteiger partial charge in [0.05, 0.1) is 24.3 Å². The van der Waals surface area contributed by atoms with Crippen LogP contribution in [0, 0.1) is 17.2 Å². The van der Waals surface area contributed by atoms with Crippen LogP contribution in [0.2, 0.25) is 0 Å². The zero-order chi connectivity index (χ0) is 12.8. The first-order chi connectivity index (χ1) is 8.04. The minimum absolute atomic E-state index is 0.0537. The predicted octanol–water partition coefficient (Wildman–Crippen LogP) is 1.43. The molecule has 5 heteroatoms. The maximum Gasteiger partial charge on any atom is 0.257 e. The maximum atomic E-state index is 12.2. The molecule has 5 nitrogen and oxygen atoms in total. The van der Waals surface area contributed by atoms with Crippen molar-refractivity contribution in [3.8, 4) is 6.07 Å². The van der Waals surface area contributed by atoms with E-state index in [1.165, 1.54) is 0 Å². The summed E-state index contributed by atoms with van der Waals surface area (Å²) in [5.74, 6) is 0.330. The van der Waals surface area contributed by atoms with Crippen molar-refractivity contribution in [1.82, 2.24) is 14.7 Å². The van der Waals surface area contributed by atoms with Crippen LogP contribution in [0.1, 0.15) is 30.6 Å². The second-order valence-corrected chi connectivity index (χ2v) is 4.46. The third kappa shape index (κ3) is 3.91. The van der Waals surface area contributed by atoms with Gasteiger partial charge in [0.2, 0.25) is 0 Å². The summed E-state index contributed by atoms with van der Waals surface area (Å²) in [5.41, 5.74) is 0.575. The Kier molecular flexibility index (Phi) is 4.70. The lowest BCUT2D eigenvalue weighted by molar-refractivity contribution is 0.0740. The zero-order valence-electron chi connectivity index (χ0n) is 10.6. The third-order valence-corrected chi connectivity index (χ3v) is 2.32. The second-order valence-electron chi connectivity index (χ2n) is 4.46. The first-order valence-corrected chi connectivity index (χ1v) is 5.69. The second kappa shape index (κ2) is 6.04. The molecule has 0 aliphatic carbocycles. The first-order valence-electron chi connectivity index (χ1n) is 5.69. The number of carbonyl (C=O) groups is 1. The largest absolute Gasteiger partial charge is 0.337 e. The number of aromatic nitrogens is 2. The first kappa shape index (κ1) is 13.2. The van der Waals surface area contributed by atoms with Crippen LogP contribution in [-0.4, -0.2) is 33.7 Å². The van der Waals surface area contributed by atoms with E-state index in [2.05, 4.69) is 25.0 Å². The number of amides is 1. The minimum atomic E-state index is -0.0537. The minimum Gasteiger partial charge on any atom is -0.337 e. The molecule has 1 rings (SSSR count). The average molecular weight is 234 g/mol. The van der Waals surface area contributed by atoms with Crippen LogP contribution in [0.3, 0.4) is 0 Å². The molecule has 0 radical (unpaired) electrons. The summed E-state index contributed by atoms with van der Waals surface area (Å²) in [6.07, 6.45) is 3.61. The highest BCUT2D eigenvalue weighted by Gasteiger charge is 2.17.